The van der Waals surface area contributed by atoms with Crippen LogP contribution in [0.25, 0.3) is 11.0 Å². The smallest absolute Gasteiger partial charge is 0.413 e. The summed E-state index contributed by atoms with van der Waals surface area (Å²) < 4.78 is 4.51. The second-order valence-electron chi connectivity index (χ2n) is 19.8. The molecular formula is C46H61N3O7. The fourth-order valence-corrected chi connectivity index (χ4v) is 12.8. The highest BCUT2D eigenvalue weighted by atomic mass is 16.5. The van der Waals surface area contributed by atoms with Crippen molar-refractivity contribution >= 4 is 34.8 Å². The van der Waals surface area contributed by atoms with E-state index >= 15 is 0 Å². The van der Waals surface area contributed by atoms with Crippen LogP contribution in [0.5, 0.6) is 0 Å². The van der Waals surface area contributed by atoms with E-state index in [1.807, 2.05) is 18.2 Å². The first-order valence-corrected chi connectivity index (χ1v) is 20.5. The second-order valence-corrected chi connectivity index (χ2v) is 19.8. The van der Waals surface area contributed by atoms with E-state index < -0.39 is 23.6 Å². The van der Waals surface area contributed by atoms with E-state index in [-0.39, 0.29) is 50.8 Å². The number of benzene rings is 2. The van der Waals surface area contributed by atoms with Crippen LogP contribution in [0.2, 0.25) is 0 Å². The monoisotopic (exact) mass is 767 g/mol. The third-order valence-corrected chi connectivity index (χ3v) is 16.2. The number of anilines is 1. The van der Waals surface area contributed by atoms with Crippen molar-refractivity contribution in [3.8, 4) is 0 Å². The largest absolute Gasteiger partial charge is 0.481 e. The fraction of sp³-hybridized carbons (Fsp3) is 0.609. The van der Waals surface area contributed by atoms with Gasteiger partial charge in [-0.05, 0) is 121 Å². The topological polar surface area (TPSA) is 162 Å². The van der Waals surface area contributed by atoms with Crippen LogP contribution in [0.3, 0.4) is 0 Å². The molecule has 10 heteroatoms. The highest BCUT2D eigenvalue weighted by Gasteiger charge is 2.71. The number of carbonyl (C=O) groups excluding carboxylic acids is 2. The van der Waals surface area contributed by atoms with Gasteiger partial charge in [0.1, 0.15) is 5.41 Å². The third kappa shape index (κ3) is 6.12. The van der Waals surface area contributed by atoms with Crippen LogP contribution in [0.4, 0.5) is 10.7 Å². The van der Waals surface area contributed by atoms with Crippen LogP contribution in [-0.2, 0) is 9.53 Å². The molecule has 9 atom stereocenters. The van der Waals surface area contributed by atoms with Crippen LogP contribution in [-0.4, -0.2) is 62.5 Å². The number of aromatic amines is 1. The molecule has 3 aromatic rings. The number of carboxylic acid groups (broad SMARTS) is 1. The van der Waals surface area contributed by atoms with Crippen molar-refractivity contribution in [2.24, 2.45) is 50.2 Å². The maximum Gasteiger partial charge on any atom is 0.413 e. The van der Waals surface area contributed by atoms with Gasteiger partial charge in [-0.3, -0.25) is 14.9 Å². The lowest BCUT2D eigenvalue weighted by atomic mass is 9.33. The molecule has 5 aliphatic rings. The molecule has 8 rings (SSSR count). The highest BCUT2D eigenvalue weighted by Crippen LogP contribution is 2.75. The van der Waals surface area contributed by atoms with Gasteiger partial charge in [-0.15, -0.1) is 0 Å². The number of H-pyrrole nitrogens is 1. The minimum Gasteiger partial charge on any atom is -0.481 e. The molecule has 0 radical (unpaired) electrons. The minimum absolute atomic E-state index is 0.0218. The average Bonchev–Trinajstić information content (AvgIpc) is 3.55. The molecule has 5 N–H and O–H groups in total. The van der Waals surface area contributed by atoms with Crippen molar-refractivity contribution in [3.05, 3.63) is 71.3 Å². The molecule has 4 saturated carbocycles. The first-order valence-electron chi connectivity index (χ1n) is 20.5. The van der Waals surface area contributed by atoms with Gasteiger partial charge in [0.25, 0.3) is 0 Å². The lowest BCUT2D eigenvalue weighted by Gasteiger charge is -2.71. The normalized spacial score (nSPS) is 36.5. The number of amides is 1. The summed E-state index contributed by atoms with van der Waals surface area (Å²) in [6, 6.07) is 14.2. The number of carboxylic acids is 1. The summed E-state index contributed by atoms with van der Waals surface area (Å²) in [6.07, 6.45) is 8.74. The SMILES string of the molecule is CC1(C)CCC2(C(=O)O)C(O)CC3(C)C(=CCC4C5(C)CCC(O)C(C)(C)C5CCC43C)C2C1.COC(=O)Nc1nc2ccc(C(=O)c3ccccc3)cc2[nH]1. The zero-order chi connectivity index (χ0) is 40.6. The molecule has 1 heterocycles. The van der Waals surface area contributed by atoms with Crippen molar-refractivity contribution in [2.45, 2.75) is 118 Å². The number of nitrogens with zero attached hydrogens (tertiary/aromatic N) is 1. The van der Waals surface area contributed by atoms with Crippen LogP contribution in [0, 0.1) is 50.2 Å². The second kappa shape index (κ2) is 13.8. The number of aliphatic hydroxyl groups excluding tert-OH is 2. The number of aliphatic carboxylic acids is 1. The summed E-state index contributed by atoms with van der Waals surface area (Å²) in [5.74, 6) is 0.289. The summed E-state index contributed by atoms with van der Waals surface area (Å²) in [5.41, 5.74) is 2.77. The maximum atomic E-state index is 12.8. The molecule has 56 heavy (non-hydrogen) atoms. The van der Waals surface area contributed by atoms with Gasteiger partial charge in [-0.2, -0.15) is 0 Å². The molecular weight excluding hydrogens is 707 g/mol. The van der Waals surface area contributed by atoms with Gasteiger partial charge < -0.3 is 25.0 Å². The Balaban J connectivity index is 0.000000189. The van der Waals surface area contributed by atoms with Crippen molar-refractivity contribution in [2.75, 3.05) is 12.4 Å². The molecule has 0 spiro atoms. The number of methoxy groups -OCH3 is 1. The van der Waals surface area contributed by atoms with Gasteiger partial charge in [-0.25, -0.2) is 9.78 Å². The van der Waals surface area contributed by atoms with Gasteiger partial charge in [0.2, 0.25) is 5.95 Å². The first-order chi connectivity index (χ1) is 26.2. The Labute approximate surface area is 330 Å². The van der Waals surface area contributed by atoms with Gasteiger partial charge >= 0.3 is 12.1 Å². The number of imidazole rings is 1. The minimum atomic E-state index is -1.04. The Hall–Kier alpha value is -4.02. The Morgan fingerprint density at radius 1 is 0.839 bits per heavy atom. The molecule has 10 nitrogen and oxygen atoms in total. The molecule has 5 aliphatic carbocycles. The van der Waals surface area contributed by atoms with E-state index in [2.05, 4.69) is 74.6 Å². The zero-order valence-electron chi connectivity index (χ0n) is 34.4. The Morgan fingerprint density at radius 2 is 1.55 bits per heavy atom. The number of hydrogen-bond donors (Lipinski definition) is 5. The lowest BCUT2D eigenvalue weighted by molar-refractivity contribution is -0.218. The first kappa shape index (κ1) is 40.2. The van der Waals surface area contributed by atoms with Gasteiger partial charge in [0.15, 0.2) is 5.78 Å². The molecule has 2 aromatic carbocycles. The number of nitrogens with one attached hydrogen (secondary N) is 2. The average molecular weight is 768 g/mol. The van der Waals surface area contributed by atoms with Gasteiger partial charge in [0.05, 0.1) is 30.4 Å². The Kier molecular flexibility index (Phi) is 9.92. The molecule has 0 aliphatic heterocycles. The van der Waals surface area contributed by atoms with Crippen molar-refractivity contribution in [1.82, 2.24) is 9.97 Å². The van der Waals surface area contributed by atoms with Crippen LogP contribution in [0.15, 0.2) is 60.2 Å². The standard InChI is InChI=1S/C30H48O4.C16H13N3O3/c1-25(2)14-15-30(24(33)34)19(16-25)18-8-9-21-27(5)12-11-22(31)26(3,4)20(27)10-13-28(21,6)29(18,7)17-23(30)32;1-22-16(21)19-15-17-12-8-7-11(9-13(12)18-15)14(20)10-5-3-2-4-6-10/h8,19-23,31-32H,9-17H2,1-7H3,(H,33,34);2-9H,1H3,(H2,17,18,19,21). The number of carbonyl (C=O) groups is 3. The number of allylic oxidation sites excluding steroid dienone is 2. The number of aromatic nitrogens is 2. The lowest BCUT2D eigenvalue weighted by Crippen LogP contribution is -2.67. The van der Waals surface area contributed by atoms with Crippen LogP contribution >= 0.6 is 0 Å². The molecule has 1 aromatic heterocycles. The van der Waals surface area contributed by atoms with Gasteiger partial charge in [0, 0.05) is 11.1 Å². The Morgan fingerprint density at radius 3 is 2.23 bits per heavy atom. The fourth-order valence-electron chi connectivity index (χ4n) is 12.8. The van der Waals surface area contributed by atoms with Crippen molar-refractivity contribution < 1.29 is 34.4 Å². The van der Waals surface area contributed by atoms with E-state index in [0.29, 0.717) is 46.8 Å². The number of ether oxygens (including phenoxy) is 1. The molecule has 1 amide bonds. The van der Waals surface area contributed by atoms with E-state index in [1.54, 1.807) is 30.3 Å². The Bertz CT molecular complexity index is 2050. The van der Waals surface area contributed by atoms with Crippen LogP contribution < -0.4 is 5.32 Å². The van der Waals surface area contributed by atoms with Crippen molar-refractivity contribution in [1.29, 1.82) is 0 Å². The predicted molar refractivity (Wildman–Crippen MR) is 216 cm³/mol. The number of ketones is 1. The highest BCUT2D eigenvalue weighted by molar-refractivity contribution is 6.10. The quantitative estimate of drug-likeness (QED) is 0.130. The number of fused-ring (bicyclic) bond motifs is 8. The molecule has 9 unspecified atom stereocenters. The summed E-state index contributed by atoms with van der Waals surface area (Å²) in [6.45, 7) is 16.4. The number of hydrogen-bond acceptors (Lipinski definition) is 7. The molecule has 0 bridgehead atoms. The van der Waals surface area contributed by atoms with E-state index in [4.69, 9.17) is 0 Å². The summed E-state index contributed by atoms with van der Waals surface area (Å²) in [4.78, 5) is 43.5. The summed E-state index contributed by atoms with van der Waals surface area (Å²) in [7, 11) is 1.27. The third-order valence-electron chi connectivity index (χ3n) is 16.2. The zero-order valence-corrected chi connectivity index (χ0v) is 34.4. The molecule has 0 saturated heterocycles. The maximum absolute atomic E-state index is 12.8. The van der Waals surface area contributed by atoms with E-state index in [1.165, 1.54) is 12.7 Å². The number of rotatable bonds is 4. The molecule has 4 fully saturated rings. The molecule has 302 valence electrons. The van der Waals surface area contributed by atoms with Crippen molar-refractivity contribution in [3.63, 3.8) is 0 Å². The summed E-state index contributed by atoms with van der Waals surface area (Å²) in [5, 5.41) is 35.5. The predicted octanol–water partition coefficient (Wildman–Crippen LogP) is 9.18. The van der Waals surface area contributed by atoms with Crippen LogP contribution in [0.1, 0.15) is 122 Å². The van der Waals surface area contributed by atoms with E-state index in [9.17, 15) is 29.7 Å². The van der Waals surface area contributed by atoms with Gasteiger partial charge in [-0.1, -0.05) is 90.4 Å². The van der Waals surface area contributed by atoms with E-state index in [0.717, 1.165) is 44.9 Å². The number of aliphatic hydroxyl groups is 2. The summed E-state index contributed by atoms with van der Waals surface area (Å²) >= 11 is 0.